The Hall–Kier alpha value is -1.18. The minimum atomic E-state index is -1.28. The zero-order valence-electron chi connectivity index (χ0n) is 12.6. The molecular formula is C14H27N3O4. The number of aliphatic hydroxyl groups is 1. The van der Waals surface area contributed by atoms with E-state index in [9.17, 15) is 14.7 Å². The Morgan fingerprint density at radius 3 is 2.62 bits per heavy atom. The topological polar surface area (TPSA) is 114 Å². The van der Waals surface area contributed by atoms with Gasteiger partial charge in [0.1, 0.15) is 12.6 Å². The molecule has 2 atom stereocenters. The summed E-state index contributed by atoms with van der Waals surface area (Å²) in [6.45, 7) is 1.83. The second-order valence-corrected chi connectivity index (χ2v) is 5.50. The second-order valence-electron chi connectivity index (χ2n) is 5.50. The quantitative estimate of drug-likeness (QED) is 0.365. The van der Waals surface area contributed by atoms with Gasteiger partial charge < -0.3 is 15.6 Å². The van der Waals surface area contributed by atoms with Crippen molar-refractivity contribution in [2.24, 2.45) is 11.7 Å². The Bertz CT molecular complexity index is 332. The number of carbonyl (C=O) groups excluding carboxylic acids is 2. The van der Waals surface area contributed by atoms with Crippen molar-refractivity contribution in [1.29, 1.82) is 0 Å². The van der Waals surface area contributed by atoms with Gasteiger partial charge in [0.2, 0.25) is 0 Å². The third-order valence-electron chi connectivity index (χ3n) is 3.75. The summed E-state index contributed by atoms with van der Waals surface area (Å²) in [6, 6.07) is -0.586. The standard InChI is InChI=1S/C14H27N3O4/c1-2-21-12(18)9-16-17-14(20)13(19)11(15)8-10-6-4-3-5-7-10/h10-11,13,16,19H,2-9,15H2,1H3,(H,17,20)/t11-,13?/m1/s1. The number of hydrazine groups is 1. The first kappa shape index (κ1) is 17.9. The van der Waals surface area contributed by atoms with E-state index in [2.05, 4.69) is 10.9 Å². The third-order valence-corrected chi connectivity index (χ3v) is 3.75. The largest absolute Gasteiger partial charge is 0.465 e. The van der Waals surface area contributed by atoms with Gasteiger partial charge in [-0.1, -0.05) is 32.1 Å². The minimum absolute atomic E-state index is 0.149. The molecule has 0 aromatic carbocycles. The van der Waals surface area contributed by atoms with Crippen molar-refractivity contribution in [3.05, 3.63) is 0 Å². The van der Waals surface area contributed by atoms with Crippen molar-refractivity contribution in [3.8, 4) is 0 Å². The van der Waals surface area contributed by atoms with Gasteiger partial charge in [-0.15, -0.1) is 0 Å². The van der Waals surface area contributed by atoms with Crippen LogP contribution in [0.5, 0.6) is 0 Å². The number of ether oxygens (including phenoxy) is 1. The molecule has 7 nitrogen and oxygen atoms in total. The van der Waals surface area contributed by atoms with Crippen molar-refractivity contribution in [2.45, 2.75) is 57.6 Å². The Balaban J connectivity index is 2.23. The number of hydrogen-bond acceptors (Lipinski definition) is 6. The van der Waals surface area contributed by atoms with Crippen LogP contribution in [0.2, 0.25) is 0 Å². The molecule has 1 rings (SSSR count). The van der Waals surface area contributed by atoms with Crippen LogP contribution >= 0.6 is 0 Å². The third kappa shape index (κ3) is 6.88. The normalized spacial score (nSPS) is 18.8. The number of hydrogen-bond donors (Lipinski definition) is 4. The molecule has 1 unspecified atom stereocenters. The van der Waals surface area contributed by atoms with Gasteiger partial charge in [0.05, 0.1) is 6.61 Å². The van der Waals surface area contributed by atoms with Gasteiger partial charge in [0, 0.05) is 6.04 Å². The SMILES string of the molecule is CCOC(=O)CNNC(=O)C(O)[C@H](N)CC1CCCCC1. The molecule has 0 heterocycles. The summed E-state index contributed by atoms with van der Waals surface area (Å²) in [6.07, 6.45) is 5.24. The lowest BCUT2D eigenvalue weighted by Gasteiger charge is -2.26. The second kappa shape index (κ2) is 9.70. The zero-order chi connectivity index (χ0) is 15.7. The van der Waals surface area contributed by atoms with Crippen molar-refractivity contribution < 1.29 is 19.4 Å². The van der Waals surface area contributed by atoms with Gasteiger partial charge in [0.25, 0.3) is 5.91 Å². The average molecular weight is 301 g/mol. The number of amides is 1. The van der Waals surface area contributed by atoms with Crippen LogP contribution in [0.1, 0.15) is 45.4 Å². The highest BCUT2D eigenvalue weighted by Crippen LogP contribution is 2.27. The summed E-state index contributed by atoms with van der Waals surface area (Å²) in [5.41, 5.74) is 10.6. The molecule has 0 saturated heterocycles. The molecule has 0 aromatic heterocycles. The first-order chi connectivity index (χ1) is 10.0. The molecule has 0 radical (unpaired) electrons. The smallest absolute Gasteiger partial charge is 0.321 e. The number of rotatable bonds is 8. The maximum atomic E-state index is 11.7. The Kier molecular flexibility index (Phi) is 8.26. The van der Waals surface area contributed by atoms with Crippen LogP contribution in [0.4, 0.5) is 0 Å². The van der Waals surface area contributed by atoms with Crippen LogP contribution in [0.3, 0.4) is 0 Å². The molecule has 0 spiro atoms. The van der Waals surface area contributed by atoms with E-state index in [1.165, 1.54) is 19.3 Å². The number of aliphatic hydroxyl groups excluding tert-OH is 1. The van der Waals surface area contributed by atoms with Crippen LogP contribution in [-0.2, 0) is 14.3 Å². The Morgan fingerprint density at radius 2 is 2.00 bits per heavy atom. The fraction of sp³-hybridized carbons (Fsp3) is 0.857. The monoisotopic (exact) mass is 301 g/mol. The molecular weight excluding hydrogens is 274 g/mol. The highest BCUT2D eigenvalue weighted by atomic mass is 16.5. The van der Waals surface area contributed by atoms with E-state index < -0.39 is 24.0 Å². The van der Waals surface area contributed by atoms with Gasteiger partial charge >= 0.3 is 5.97 Å². The van der Waals surface area contributed by atoms with Crippen molar-refractivity contribution >= 4 is 11.9 Å². The van der Waals surface area contributed by atoms with Gasteiger partial charge in [0.15, 0.2) is 0 Å². The summed E-state index contributed by atoms with van der Waals surface area (Å²) < 4.78 is 4.69. The predicted molar refractivity (Wildman–Crippen MR) is 78.0 cm³/mol. The zero-order valence-corrected chi connectivity index (χ0v) is 12.6. The summed E-state index contributed by atoms with van der Waals surface area (Å²) in [4.78, 5) is 22.8. The molecule has 1 fully saturated rings. The first-order valence-corrected chi connectivity index (χ1v) is 7.66. The van der Waals surface area contributed by atoms with Crippen molar-refractivity contribution in [2.75, 3.05) is 13.2 Å². The highest BCUT2D eigenvalue weighted by molar-refractivity contribution is 5.81. The summed E-state index contributed by atoms with van der Waals surface area (Å²) in [5, 5.41) is 9.89. The predicted octanol–water partition coefficient (Wildman–Crippen LogP) is -0.171. The molecule has 7 heteroatoms. The van der Waals surface area contributed by atoms with E-state index in [1.807, 2.05) is 0 Å². The van der Waals surface area contributed by atoms with E-state index in [0.717, 1.165) is 12.8 Å². The molecule has 1 aliphatic rings. The lowest BCUT2D eigenvalue weighted by molar-refractivity contribution is -0.142. The number of esters is 1. The molecule has 0 aliphatic heterocycles. The molecule has 1 amide bonds. The lowest BCUT2D eigenvalue weighted by atomic mass is 9.84. The maximum Gasteiger partial charge on any atom is 0.321 e. The van der Waals surface area contributed by atoms with E-state index in [4.69, 9.17) is 10.5 Å². The van der Waals surface area contributed by atoms with Gasteiger partial charge in [-0.05, 0) is 19.3 Å². The molecule has 1 aliphatic carbocycles. The number of nitrogens with one attached hydrogen (secondary N) is 2. The molecule has 122 valence electrons. The number of nitrogens with two attached hydrogens (primary N) is 1. The van der Waals surface area contributed by atoms with Crippen LogP contribution in [0.15, 0.2) is 0 Å². The van der Waals surface area contributed by atoms with Gasteiger partial charge in [-0.2, -0.15) is 0 Å². The molecule has 0 aromatic rings. The van der Waals surface area contributed by atoms with Gasteiger partial charge in [-0.25, -0.2) is 5.43 Å². The molecule has 1 saturated carbocycles. The molecule has 0 bridgehead atoms. The van der Waals surface area contributed by atoms with Crippen molar-refractivity contribution in [1.82, 2.24) is 10.9 Å². The average Bonchev–Trinajstić information content (AvgIpc) is 2.47. The lowest BCUT2D eigenvalue weighted by Crippen LogP contribution is -2.52. The Labute approximate surface area is 125 Å². The van der Waals surface area contributed by atoms with Gasteiger partial charge in [-0.3, -0.25) is 15.0 Å². The van der Waals surface area contributed by atoms with E-state index in [0.29, 0.717) is 12.3 Å². The molecule has 5 N–H and O–H groups in total. The first-order valence-electron chi connectivity index (χ1n) is 7.66. The van der Waals surface area contributed by atoms with E-state index in [1.54, 1.807) is 6.92 Å². The fourth-order valence-corrected chi connectivity index (χ4v) is 2.62. The van der Waals surface area contributed by atoms with Crippen molar-refractivity contribution in [3.63, 3.8) is 0 Å². The van der Waals surface area contributed by atoms with Crippen LogP contribution in [0.25, 0.3) is 0 Å². The van der Waals surface area contributed by atoms with Crippen LogP contribution in [0, 0.1) is 5.92 Å². The number of carbonyl (C=O) groups is 2. The summed E-state index contributed by atoms with van der Waals surface area (Å²) in [7, 11) is 0. The van der Waals surface area contributed by atoms with E-state index in [-0.39, 0.29) is 13.2 Å². The fourth-order valence-electron chi connectivity index (χ4n) is 2.62. The maximum absolute atomic E-state index is 11.7. The summed E-state index contributed by atoms with van der Waals surface area (Å²) >= 11 is 0. The minimum Gasteiger partial charge on any atom is -0.465 e. The molecule has 21 heavy (non-hydrogen) atoms. The van der Waals surface area contributed by atoms with Crippen LogP contribution in [-0.4, -0.2) is 42.3 Å². The van der Waals surface area contributed by atoms with E-state index >= 15 is 0 Å². The Morgan fingerprint density at radius 1 is 1.33 bits per heavy atom. The van der Waals surface area contributed by atoms with Crippen LogP contribution < -0.4 is 16.6 Å². The highest BCUT2D eigenvalue weighted by Gasteiger charge is 2.26. The summed E-state index contributed by atoms with van der Waals surface area (Å²) in [5.74, 6) is -0.606.